The topological polar surface area (TPSA) is 59.0 Å². The Morgan fingerprint density at radius 1 is 1.30 bits per heavy atom. The summed E-state index contributed by atoms with van der Waals surface area (Å²) < 4.78 is 55.2. The SMILES string of the molecule is O=C(Nc1ccc(F)c(Cl)c1)c1nn2c(c1Cl)NC(c1cccs1)CC2C(F)(F)F. The molecule has 1 aromatic carbocycles. The third-order valence-electron chi connectivity index (χ3n) is 4.57. The van der Waals surface area contributed by atoms with Crippen molar-refractivity contribution in [2.75, 3.05) is 10.6 Å². The average molecular weight is 479 g/mol. The van der Waals surface area contributed by atoms with Gasteiger partial charge in [0.15, 0.2) is 11.7 Å². The molecule has 0 saturated carbocycles. The molecule has 12 heteroatoms. The lowest BCUT2D eigenvalue weighted by Gasteiger charge is -2.32. The first-order valence-corrected chi connectivity index (χ1v) is 10.2. The Labute approximate surface area is 181 Å². The standard InChI is InChI=1S/C18H12Cl2F4N4OS/c19-9-6-8(3-4-10(9)21)25-17(29)15-14(20)16-26-11(12-2-1-5-30-12)7-13(18(22,23)24)28(16)27-15/h1-6,11,13,26H,7H2,(H,25,29). The van der Waals surface area contributed by atoms with E-state index < -0.39 is 30.0 Å². The van der Waals surface area contributed by atoms with Crippen LogP contribution in [0, 0.1) is 5.82 Å². The summed E-state index contributed by atoms with van der Waals surface area (Å²) in [5.41, 5.74) is -0.245. The van der Waals surface area contributed by atoms with Crippen molar-refractivity contribution in [1.82, 2.24) is 9.78 Å². The van der Waals surface area contributed by atoms with Crippen LogP contribution in [0.15, 0.2) is 35.7 Å². The normalized spacial score (nSPS) is 18.6. The maximum atomic E-state index is 13.7. The van der Waals surface area contributed by atoms with Crippen LogP contribution in [-0.2, 0) is 0 Å². The molecule has 2 aromatic heterocycles. The molecular weight excluding hydrogens is 467 g/mol. The third kappa shape index (κ3) is 3.86. The zero-order chi connectivity index (χ0) is 21.6. The molecule has 1 amide bonds. The maximum absolute atomic E-state index is 13.7. The molecule has 2 atom stereocenters. The van der Waals surface area contributed by atoms with Gasteiger partial charge in [-0.05, 0) is 29.6 Å². The van der Waals surface area contributed by atoms with Crippen LogP contribution in [0.3, 0.4) is 0 Å². The number of benzene rings is 1. The number of amides is 1. The molecule has 3 aromatic rings. The number of halogens is 6. The second-order valence-corrected chi connectivity index (χ2v) is 8.31. The summed E-state index contributed by atoms with van der Waals surface area (Å²) in [6, 6.07) is 4.34. The Balaban J connectivity index is 1.69. The molecular formula is C18H12Cl2F4N4OS. The number of aromatic nitrogens is 2. The van der Waals surface area contributed by atoms with E-state index in [0.29, 0.717) is 9.56 Å². The summed E-state index contributed by atoms with van der Waals surface area (Å²) in [5.74, 6) is -1.62. The maximum Gasteiger partial charge on any atom is 0.410 e. The fourth-order valence-electron chi connectivity index (χ4n) is 3.17. The average Bonchev–Trinajstić information content (AvgIpc) is 3.32. The van der Waals surface area contributed by atoms with Gasteiger partial charge in [-0.3, -0.25) is 4.79 Å². The van der Waals surface area contributed by atoms with Gasteiger partial charge in [-0.1, -0.05) is 29.3 Å². The Morgan fingerprint density at radius 3 is 2.70 bits per heavy atom. The minimum atomic E-state index is -4.60. The van der Waals surface area contributed by atoms with Crippen LogP contribution < -0.4 is 10.6 Å². The summed E-state index contributed by atoms with van der Waals surface area (Å²) in [7, 11) is 0. The van der Waals surface area contributed by atoms with Crippen LogP contribution in [0.1, 0.15) is 33.9 Å². The predicted octanol–water partition coefficient (Wildman–Crippen LogP) is 6.30. The van der Waals surface area contributed by atoms with E-state index in [2.05, 4.69) is 15.7 Å². The van der Waals surface area contributed by atoms with E-state index in [-0.39, 0.29) is 33.7 Å². The van der Waals surface area contributed by atoms with Crippen molar-refractivity contribution in [2.24, 2.45) is 0 Å². The molecule has 3 heterocycles. The second-order valence-electron chi connectivity index (χ2n) is 6.54. The fourth-order valence-corrected chi connectivity index (χ4v) is 4.41. The van der Waals surface area contributed by atoms with Gasteiger partial charge in [0.05, 0.1) is 11.1 Å². The molecule has 0 aliphatic carbocycles. The van der Waals surface area contributed by atoms with Crippen LogP contribution in [0.4, 0.5) is 29.1 Å². The smallest absolute Gasteiger partial charge is 0.361 e. The molecule has 0 saturated heterocycles. The van der Waals surface area contributed by atoms with Gasteiger partial charge in [0, 0.05) is 17.0 Å². The number of carbonyl (C=O) groups excluding carboxylic acids is 1. The van der Waals surface area contributed by atoms with Gasteiger partial charge >= 0.3 is 6.18 Å². The van der Waals surface area contributed by atoms with Crippen LogP contribution in [0.25, 0.3) is 0 Å². The summed E-state index contributed by atoms with van der Waals surface area (Å²) in [6.07, 6.45) is -4.90. The summed E-state index contributed by atoms with van der Waals surface area (Å²) in [5, 5.41) is 10.5. The van der Waals surface area contributed by atoms with Crippen molar-refractivity contribution in [1.29, 1.82) is 0 Å². The number of thiophene rings is 1. The Hall–Kier alpha value is -2.30. The number of hydrogen-bond donors (Lipinski definition) is 2. The van der Waals surface area contributed by atoms with Gasteiger partial charge in [-0.2, -0.15) is 18.3 Å². The molecule has 0 radical (unpaired) electrons. The van der Waals surface area contributed by atoms with E-state index in [1.807, 2.05) is 0 Å². The third-order valence-corrected chi connectivity index (χ3v) is 6.21. The Morgan fingerprint density at radius 2 is 2.07 bits per heavy atom. The van der Waals surface area contributed by atoms with E-state index in [1.54, 1.807) is 17.5 Å². The van der Waals surface area contributed by atoms with E-state index in [4.69, 9.17) is 23.2 Å². The monoisotopic (exact) mass is 478 g/mol. The van der Waals surface area contributed by atoms with Gasteiger partial charge in [0.25, 0.3) is 5.91 Å². The molecule has 0 spiro atoms. The molecule has 0 fully saturated rings. The fraction of sp³-hybridized carbons (Fsp3) is 0.222. The van der Waals surface area contributed by atoms with Crippen LogP contribution >= 0.6 is 34.5 Å². The number of fused-ring (bicyclic) bond motifs is 1. The van der Waals surface area contributed by atoms with Crippen LogP contribution in [-0.4, -0.2) is 21.9 Å². The lowest BCUT2D eigenvalue weighted by molar-refractivity contribution is -0.173. The highest BCUT2D eigenvalue weighted by Crippen LogP contribution is 2.46. The van der Waals surface area contributed by atoms with Crippen molar-refractivity contribution in [2.45, 2.75) is 24.7 Å². The molecule has 2 unspecified atom stereocenters. The first-order chi connectivity index (χ1) is 14.1. The predicted molar refractivity (Wildman–Crippen MR) is 107 cm³/mol. The number of rotatable bonds is 3. The number of nitrogens with zero attached hydrogens (tertiary/aromatic N) is 2. The second kappa shape index (κ2) is 7.75. The summed E-state index contributed by atoms with van der Waals surface area (Å²) in [6.45, 7) is 0. The van der Waals surface area contributed by atoms with Crippen molar-refractivity contribution >= 4 is 52.0 Å². The molecule has 4 rings (SSSR count). The molecule has 158 valence electrons. The van der Waals surface area contributed by atoms with E-state index in [0.717, 1.165) is 6.07 Å². The van der Waals surface area contributed by atoms with Gasteiger partial charge in [-0.15, -0.1) is 11.3 Å². The first kappa shape index (κ1) is 21.0. The lowest BCUT2D eigenvalue weighted by Crippen LogP contribution is -2.35. The highest BCUT2D eigenvalue weighted by molar-refractivity contribution is 7.10. The zero-order valence-electron chi connectivity index (χ0n) is 14.8. The van der Waals surface area contributed by atoms with Gasteiger partial charge in [-0.25, -0.2) is 9.07 Å². The highest BCUT2D eigenvalue weighted by Gasteiger charge is 2.48. The van der Waals surface area contributed by atoms with Crippen LogP contribution in [0.5, 0.6) is 0 Å². The van der Waals surface area contributed by atoms with Crippen LogP contribution in [0.2, 0.25) is 10.0 Å². The molecule has 1 aliphatic rings. The largest absolute Gasteiger partial charge is 0.410 e. The number of alkyl halides is 3. The van der Waals surface area contributed by atoms with E-state index in [1.165, 1.54) is 23.5 Å². The first-order valence-electron chi connectivity index (χ1n) is 8.56. The molecule has 30 heavy (non-hydrogen) atoms. The number of anilines is 2. The molecule has 5 nitrogen and oxygen atoms in total. The molecule has 0 bridgehead atoms. The quantitative estimate of drug-likeness (QED) is 0.434. The van der Waals surface area contributed by atoms with Crippen molar-refractivity contribution < 1.29 is 22.4 Å². The highest BCUT2D eigenvalue weighted by atomic mass is 35.5. The number of nitrogens with one attached hydrogen (secondary N) is 2. The summed E-state index contributed by atoms with van der Waals surface area (Å²) >= 11 is 13.2. The van der Waals surface area contributed by atoms with Gasteiger partial charge in [0.2, 0.25) is 0 Å². The molecule has 1 aliphatic heterocycles. The Bertz CT molecular complexity index is 1100. The van der Waals surface area contributed by atoms with Gasteiger partial charge in [0.1, 0.15) is 16.7 Å². The minimum Gasteiger partial charge on any atom is -0.361 e. The number of hydrogen-bond acceptors (Lipinski definition) is 4. The zero-order valence-corrected chi connectivity index (χ0v) is 17.1. The lowest BCUT2D eigenvalue weighted by atomic mass is 10.0. The van der Waals surface area contributed by atoms with Crippen molar-refractivity contribution in [3.05, 3.63) is 62.1 Å². The van der Waals surface area contributed by atoms with Crippen molar-refractivity contribution in [3.63, 3.8) is 0 Å². The minimum absolute atomic E-state index is 0.0917. The molecule has 2 N–H and O–H groups in total. The van der Waals surface area contributed by atoms with E-state index in [9.17, 15) is 22.4 Å². The van der Waals surface area contributed by atoms with E-state index >= 15 is 0 Å². The summed E-state index contributed by atoms with van der Waals surface area (Å²) in [4.78, 5) is 13.3. The van der Waals surface area contributed by atoms with Crippen molar-refractivity contribution in [3.8, 4) is 0 Å². The number of carbonyl (C=O) groups is 1. The van der Waals surface area contributed by atoms with Gasteiger partial charge < -0.3 is 10.6 Å². The Kier molecular flexibility index (Phi) is 5.41.